The SMILES string of the molecule is Cc1ncsc1CN(C)CCC1CCCC1=O. The highest BCUT2D eigenvalue weighted by Gasteiger charge is 2.24. The summed E-state index contributed by atoms with van der Waals surface area (Å²) < 4.78 is 0. The van der Waals surface area contributed by atoms with E-state index in [9.17, 15) is 4.79 Å². The molecule has 0 N–H and O–H groups in total. The summed E-state index contributed by atoms with van der Waals surface area (Å²) in [6, 6.07) is 0. The van der Waals surface area contributed by atoms with Crippen LogP contribution in [0, 0.1) is 12.8 Å². The van der Waals surface area contributed by atoms with Crippen LogP contribution in [-0.4, -0.2) is 29.3 Å². The molecule has 0 aliphatic heterocycles. The van der Waals surface area contributed by atoms with Crippen molar-refractivity contribution in [2.75, 3.05) is 13.6 Å². The van der Waals surface area contributed by atoms with Gasteiger partial charge in [-0.25, -0.2) is 4.98 Å². The summed E-state index contributed by atoms with van der Waals surface area (Å²) in [6.07, 6.45) is 4.03. The molecule has 1 saturated carbocycles. The van der Waals surface area contributed by atoms with Gasteiger partial charge in [-0.05, 0) is 39.8 Å². The van der Waals surface area contributed by atoms with Gasteiger partial charge < -0.3 is 4.90 Å². The van der Waals surface area contributed by atoms with Crippen molar-refractivity contribution in [2.24, 2.45) is 5.92 Å². The van der Waals surface area contributed by atoms with Gasteiger partial charge in [0.15, 0.2) is 0 Å². The molecule has 0 bridgehead atoms. The Labute approximate surface area is 107 Å². The minimum Gasteiger partial charge on any atom is -0.301 e. The number of aryl methyl sites for hydroxylation is 1. The van der Waals surface area contributed by atoms with Gasteiger partial charge in [0.2, 0.25) is 0 Å². The fourth-order valence-electron chi connectivity index (χ4n) is 2.37. The maximum atomic E-state index is 11.5. The summed E-state index contributed by atoms with van der Waals surface area (Å²) >= 11 is 1.72. The van der Waals surface area contributed by atoms with Crippen LogP contribution < -0.4 is 0 Å². The van der Waals surface area contributed by atoms with Gasteiger partial charge in [-0.3, -0.25) is 4.79 Å². The normalized spacial score (nSPS) is 20.4. The van der Waals surface area contributed by atoms with Gasteiger partial charge in [-0.15, -0.1) is 11.3 Å². The largest absolute Gasteiger partial charge is 0.301 e. The van der Waals surface area contributed by atoms with Crippen LogP contribution in [0.4, 0.5) is 0 Å². The first-order valence-corrected chi connectivity index (χ1v) is 7.15. The predicted molar refractivity (Wildman–Crippen MR) is 70.2 cm³/mol. The Bertz CT molecular complexity index is 389. The fraction of sp³-hybridized carbons (Fsp3) is 0.692. The lowest BCUT2D eigenvalue weighted by atomic mass is 10.0. The van der Waals surface area contributed by atoms with Crippen LogP contribution in [0.15, 0.2) is 5.51 Å². The third-order valence-electron chi connectivity index (χ3n) is 3.55. The second-order valence-electron chi connectivity index (χ2n) is 4.94. The van der Waals surface area contributed by atoms with Crippen LogP contribution in [0.5, 0.6) is 0 Å². The van der Waals surface area contributed by atoms with Crippen molar-refractivity contribution in [2.45, 2.75) is 39.2 Å². The van der Waals surface area contributed by atoms with Crippen molar-refractivity contribution >= 4 is 17.1 Å². The molecule has 0 radical (unpaired) electrons. The average Bonchev–Trinajstić information content (AvgIpc) is 2.86. The Balaban J connectivity index is 1.76. The minimum absolute atomic E-state index is 0.333. The molecule has 1 aliphatic carbocycles. The molecule has 1 heterocycles. The van der Waals surface area contributed by atoms with Gasteiger partial charge in [-0.2, -0.15) is 0 Å². The Morgan fingerprint density at radius 3 is 3.00 bits per heavy atom. The third kappa shape index (κ3) is 3.36. The molecule has 1 fully saturated rings. The number of Topliss-reactive ketones (excluding diaryl/α,β-unsaturated/α-hetero) is 1. The number of ketones is 1. The van der Waals surface area contributed by atoms with Gasteiger partial charge in [0, 0.05) is 23.8 Å². The van der Waals surface area contributed by atoms with Crippen molar-refractivity contribution in [1.29, 1.82) is 0 Å². The molecule has 3 nitrogen and oxygen atoms in total. The highest BCUT2D eigenvalue weighted by Crippen LogP contribution is 2.24. The van der Waals surface area contributed by atoms with Crippen molar-refractivity contribution < 1.29 is 4.79 Å². The number of hydrogen-bond acceptors (Lipinski definition) is 4. The monoisotopic (exact) mass is 252 g/mol. The van der Waals surface area contributed by atoms with E-state index in [0.717, 1.165) is 44.5 Å². The highest BCUT2D eigenvalue weighted by atomic mass is 32.1. The first-order chi connectivity index (χ1) is 8.16. The average molecular weight is 252 g/mol. The van der Waals surface area contributed by atoms with Gasteiger partial charge in [0.05, 0.1) is 11.2 Å². The Morgan fingerprint density at radius 1 is 1.59 bits per heavy atom. The molecule has 94 valence electrons. The van der Waals surface area contributed by atoms with Gasteiger partial charge in [0.25, 0.3) is 0 Å². The van der Waals surface area contributed by atoms with Crippen LogP contribution in [-0.2, 0) is 11.3 Å². The molecule has 1 unspecified atom stereocenters. The number of nitrogens with zero attached hydrogens (tertiary/aromatic N) is 2. The zero-order valence-electron chi connectivity index (χ0n) is 10.6. The summed E-state index contributed by atoms with van der Waals surface area (Å²) in [7, 11) is 2.12. The zero-order chi connectivity index (χ0) is 12.3. The molecule has 17 heavy (non-hydrogen) atoms. The number of rotatable bonds is 5. The molecular weight excluding hydrogens is 232 g/mol. The van der Waals surface area contributed by atoms with Gasteiger partial charge >= 0.3 is 0 Å². The van der Waals surface area contributed by atoms with Crippen molar-refractivity contribution in [3.8, 4) is 0 Å². The lowest BCUT2D eigenvalue weighted by molar-refractivity contribution is -0.120. The molecular formula is C13H20N2OS. The van der Waals surface area contributed by atoms with E-state index in [1.807, 2.05) is 5.51 Å². The molecule has 1 aromatic rings. The molecule has 0 saturated heterocycles. The predicted octanol–water partition coefficient (Wildman–Crippen LogP) is 2.64. The third-order valence-corrected chi connectivity index (χ3v) is 4.47. The van der Waals surface area contributed by atoms with E-state index in [1.54, 1.807) is 11.3 Å². The molecule has 0 spiro atoms. The minimum atomic E-state index is 0.333. The topological polar surface area (TPSA) is 33.2 Å². The summed E-state index contributed by atoms with van der Waals surface area (Å²) in [5.74, 6) is 0.812. The summed E-state index contributed by atoms with van der Waals surface area (Å²) in [5.41, 5.74) is 3.04. The van der Waals surface area contributed by atoms with E-state index in [2.05, 4.69) is 23.9 Å². The van der Waals surface area contributed by atoms with E-state index in [1.165, 1.54) is 4.88 Å². The molecule has 1 aliphatic rings. The summed E-state index contributed by atoms with van der Waals surface area (Å²) in [5, 5.41) is 0. The maximum absolute atomic E-state index is 11.5. The number of carbonyl (C=O) groups excluding carboxylic acids is 1. The van der Waals surface area contributed by atoms with Gasteiger partial charge in [-0.1, -0.05) is 0 Å². The second kappa shape index (κ2) is 5.74. The van der Waals surface area contributed by atoms with Crippen molar-refractivity contribution in [3.05, 3.63) is 16.1 Å². The molecule has 0 amide bonds. The van der Waals surface area contributed by atoms with E-state index in [4.69, 9.17) is 0 Å². The van der Waals surface area contributed by atoms with Crippen molar-refractivity contribution in [1.82, 2.24) is 9.88 Å². The number of aromatic nitrogens is 1. The number of carbonyl (C=O) groups is 1. The maximum Gasteiger partial charge on any atom is 0.136 e. The van der Waals surface area contributed by atoms with E-state index < -0.39 is 0 Å². The number of thiazole rings is 1. The molecule has 1 atom stereocenters. The Kier molecular flexibility index (Phi) is 4.29. The van der Waals surface area contributed by atoms with E-state index >= 15 is 0 Å². The van der Waals surface area contributed by atoms with E-state index in [0.29, 0.717) is 11.7 Å². The molecule has 4 heteroatoms. The molecule has 2 rings (SSSR count). The highest BCUT2D eigenvalue weighted by molar-refractivity contribution is 7.09. The summed E-state index contributed by atoms with van der Waals surface area (Å²) in [6.45, 7) is 4.02. The zero-order valence-corrected chi connectivity index (χ0v) is 11.4. The first kappa shape index (κ1) is 12.7. The van der Waals surface area contributed by atoms with Crippen LogP contribution >= 0.6 is 11.3 Å². The standard InChI is InChI=1S/C13H20N2OS/c1-10-13(17-9-14-10)8-15(2)7-6-11-4-3-5-12(11)16/h9,11H,3-8H2,1-2H3. The smallest absolute Gasteiger partial charge is 0.136 e. The van der Waals surface area contributed by atoms with Crippen LogP contribution in [0.25, 0.3) is 0 Å². The fourth-order valence-corrected chi connectivity index (χ4v) is 3.23. The molecule has 1 aromatic heterocycles. The van der Waals surface area contributed by atoms with E-state index in [-0.39, 0.29) is 0 Å². The van der Waals surface area contributed by atoms with Crippen molar-refractivity contribution in [3.63, 3.8) is 0 Å². The summed E-state index contributed by atoms with van der Waals surface area (Å²) in [4.78, 5) is 19.4. The van der Waals surface area contributed by atoms with Gasteiger partial charge in [0.1, 0.15) is 5.78 Å². The Morgan fingerprint density at radius 2 is 2.41 bits per heavy atom. The lowest BCUT2D eigenvalue weighted by Crippen LogP contribution is -2.22. The lowest BCUT2D eigenvalue weighted by Gasteiger charge is -2.17. The number of hydrogen-bond donors (Lipinski definition) is 0. The Hall–Kier alpha value is -0.740. The van der Waals surface area contributed by atoms with Crippen LogP contribution in [0.2, 0.25) is 0 Å². The molecule has 0 aromatic carbocycles. The van der Waals surface area contributed by atoms with Crippen LogP contribution in [0.3, 0.4) is 0 Å². The first-order valence-electron chi connectivity index (χ1n) is 6.27. The second-order valence-corrected chi connectivity index (χ2v) is 5.88. The van der Waals surface area contributed by atoms with Crippen LogP contribution in [0.1, 0.15) is 36.3 Å². The quantitative estimate of drug-likeness (QED) is 0.807.